The molecule has 0 saturated carbocycles. The second-order valence-corrected chi connectivity index (χ2v) is 15.4. The molecule has 2 aromatic heterocycles. The van der Waals surface area contributed by atoms with Crippen LogP contribution < -0.4 is 17.0 Å². The van der Waals surface area contributed by atoms with Crippen LogP contribution in [0.3, 0.4) is 0 Å². The Morgan fingerprint density at radius 1 is 1.00 bits per heavy atom. The third-order valence-electron chi connectivity index (χ3n) is 8.63. The number of carbonyl (C=O) groups is 1. The molecule has 1 saturated heterocycles. The molecule has 55 heavy (non-hydrogen) atoms. The molecule has 10 N–H and O–H groups in total. The maximum atomic E-state index is 12.6. The molecule has 0 spiro atoms. The maximum absolute atomic E-state index is 12.6. The van der Waals surface area contributed by atoms with Gasteiger partial charge in [0.15, 0.2) is 46.8 Å². The minimum absolute atomic E-state index is 0.0253. The fraction of sp³-hybridized carbons (Fsp3) is 0.429. The van der Waals surface area contributed by atoms with Gasteiger partial charge in [0.25, 0.3) is 5.56 Å². The minimum Gasteiger partial charge on any atom is -0.388 e. The monoisotopic (exact) mass is 813 g/mol. The molecule has 27 heteroatoms. The van der Waals surface area contributed by atoms with Crippen molar-refractivity contribution in [1.82, 2.24) is 39.0 Å². The van der Waals surface area contributed by atoms with E-state index in [9.17, 15) is 58.8 Å². The number of aldehydes is 1. The van der Waals surface area contributed by atoms with Gasteiger partial charge in [-0.15, -0.1) is 0 Å². The Balaban J connectivity index is 1.08. The Morgan fingerprint density at radius 2 is 1.69 bits per heavy atom. The smallest absolute Gasteiger partial charge is 0.388 e. The normalized spacial score (nSPS) is 22.8. The standard InChI is InChI=1S/C28H33N9O16P2/c1-10-3-12-13(4-11(10)2)36(25-19(32-12)26(44)35-28(45)34-25)5-14(39)20(41)15(40)7-50-54(46,47)53-55(48,49)51-8-16-21(42)22(43)27(52-16)37-17(6-38)33-18-23(29)30-9-31-24(18)37/h3-4,6,9,14-16,20-22,27,39-43H,5,7-8H2,1-2H3,(H,46,47)(H,48,49)(H2,29,30,31)(H,35,44,45)/t14-,15+,16+,20-,21+,22+,27+/m0/s1. The lowest BCUT2D eigenvalue weighted by atomic mass is 10.1. The fourth-order valence-electron chi connectivity index (χ4n) is 5.76. The molecule has 6 rings (SSSR count). The number of benzene rings is 1. The molecule has 9 atom stereocenters. The average molecular weight is 814 g/mol. The van der Waals surface area contributed by atoms with Crippen LogP contribution in [-0.4, -0.2) is 130 Å². The molecule has 0 aliphatic carbocycles. The number of rotatable bonds is 14. The van der Waals surface area contributed by atoms with Crippen molar-refractivity contribution in [3.8, 4) is 11.5 Å². The first-order valence-corrected chi connectivity index (χ1v) is 18.9. The highest BCUT2D eigenvalue weighted by atomic mass is 31.3. The van der Waals surface area contributed by atoms with Crippen molar-refractivity contribution in [3.63, 3.8) is 0 Å². The number of hydrogen-bond acceptors (Lipinski definition) is 20. The number of aliphatic hydroxyl groups excluding tert-OH is 5. The van der Waals surface area contributed by atoms with E-state index in [4.69, 9.17) is 10.5 Å². The summed E-state index contributed by atoms with van der Waals surface area (Å²) in [5.74, 6) is -0.696. The van der Waals surface area contributed by atoms with Gasteiger partial charge in [-0.05, 0) is 37.1 Å². The Bertz CT molecular complexity index is 2460. The number of phosphoric acid groups is 2. The average Bonchev–Trinajstić information content (AvgIpc) is 3.63. The third kappa shape index (κ3) is 8.10. The van der Waals surface area contributed by atoms with E-state index in [0.29, 0.717) is 5.52 Å². The van der Waals surface area contributed by atoms with Gasteiger partial charge in [-0.3, -0.25) is 28.2 Å². The zero-order valence-corrected chi connectivity index (χ0v) is 30.2. The molecule has 2 unspecified atom stereocenters. The number of nitrogen functional groups attached to an aromatic ring is 1. The molecule has 3 aromatic rings. The lowest BCUT2D eigenvalue weighted by Gasteiger charge is -2.26. The summed E-state index contributed by atoms with van der Waals surface area (Å²) in [5, 5.41) is 53.3. The number of fused-ring (bicyclic) bond motifs is 3. The molecule has 25 nitrogen and oxygen atoms in total. The molecule has 5 heterocycles. The number of nitrogens with zero attached hydrogens (tertiary/aromatic N) is 7. The van der Waals surface area contributed by atoms with Crippen LogP contribution in [0.1, 0.15) is 28.0 Å². The number of imidazole rings is 1. The van der Waals surface area contributed by atoms with E-state index in [1.54, 1.807) is 26.0 Å². The Kier molecular flexibility index (Phi) is 11.1. The molecule has 0 radical (unpaired) electrons. The molecule has 1 fully saturated rings. The Hall–Kier alpha value is -4.46. The van der Waals surface area contributed by atoms with Crippen molar-refractivity contribution >= 4 is 49.9 Å². The molecule has 0 bridgehead atoms. The Morgan fingerprint density at radius 3 is 2.40 bits per heavy atom. The van der Waals surface area contributed by atoms with E-state index >= 15 is 0 Å². The highest BCUT2D eigenvalue weighted by molar-refractivity contribution is 7.61. The van der Waals surface area contributed by atoms with Crippen molar-refractivity contribution in [2.24, 2.45) is 0 Å². The first-order chi connectivity index (χ1) is 25.8. The van der Waals surface area contributed by atoms with Crippen LogP contribution in [0.15, 0.2) is 28.0 Å². The van der Waals surface area contributed by atoms with Crippen molar-refractivity contribution in [1.29, 1.82) is 0 Å². The summed E-state index contributed by atoms with van der Waals surface area (Å²) >= 11 is 0. The van der Waals surface area contributed by atoms with E-state index in [1.807, 2.05) is 4.98 Å². The molecule has 3 aliphatic rings. The van der Waals surface area contributed by atoms with Crippen LogP contribution in [0.2, 0.25) is 0 Å². The predicted molar refractivity (Wildman–Crippen MR) is 182 cm³/mol. The van der Waals surface area contributed by atoms with Gasteiger partial charge in [0.2, 0.25) is 0 Å². The second kappa shape index (κ2) is 15.2. The number of aromatic amines is 1. The number of anilines is 1. The second-order valence-electron chi connectivity index (χ2n) is 12.4. The molecule has 0 amide bonds. The van der Waals surface area contributed by atoms with Gasteiger partial charge in [-0.25, -0.2) is 33.9 Å². The third-order valence-corrected chi connectivity index (χ3v) is 11.2. The zero-order valence-electron chi connectivity index (χ0n) is 28.4. The first kappa shape index (κ1) is 40.2. The fourth-order valence-corrected chi connectivity index (χ4v) is 7.85. The summed E-state index contributed by atoms with van der Waals surface area (Å²) < 4.78 is 46.4. The van der Waals surface area contributed by atoms with Crippen molar-refractivity contribution in [2.75, 3.05) is 18.9 Å². The number of aliphatic hydroxyl groups is 5. The van der Waals surface area contributed by atoms with E-state index in [1.165, 1.54) is 4.57 Å². The summed E-state index contributed by atoms with van der Waals surface area (Å²) in [6.07, 6.45) is -11.6. The number of aryl methyl sites for hydroxylation is 2. The lowest BCUT2D eigenvalue weighted by molar-refractivity contribution is -0.0794. The van der Waals surface area contributed by atoms with Crippen molar-refractivity contribution in [3.05, 3.63) is 56.2 Å². The number of H-pyrrole nitrogens is 1. The number of hydrogen-bond donors (Lipinski definition) is 9. The van der Waals surface area contributed by atoms with E-state index < -0.39 is 89.5 Å². The summed E-state index contributed by atoms with van der Waals surface area (Å²) in [6.45, 7) is 0.646. The first-order valence-electron chi connectivity index (χ1n) is 15.9. The van der Waals surface area contributed by atoms with E-state index in [0.717, 1.165) is 22.0 Å². The topological polar surface area (TPSA) is 380 Å². The van der Waals surface area contributed by atoms with Gasteiger partial charge < -0.3 is 50.4 Å². The SMILES string of the molecule is Cc1cc2nc3c(=O)[nH]c(=O)nc-3n(C[C@H](O)[C@H](O)[C@H](O)COP(=O)(O)OP(=O)(O)OC[C@H]3O[C@@H](n4c(C=O)nc5c(N)ncnc54)[C@H](O)[C@@H]3O)c2cc1C. The maximum Gasteiger partial charge on any atom is 0.481 e. The minimum atomic E-state index is -5.59. The molecular weight excluding hydrogens is 780 g/mol. The quantitative estimate of drug-likeness (QED) is 0.0315. The van der Waals surface area contributed by atoms with Crippen LogP contribution in [0.5, 0.6) is 0 Å². The molecule has 1 aromatic carbocycles. The number of aromatic nitrogens is 8. The summed E-state index contributed by atoms with van der Waals surface area (Å²) in [6, 6.07) is 3.27. The number of nitrogens with one attached hydrogen (secondary N) is 1. The number of carbonyl (C=O) groups excluding carboxylic acids is 1. The van der Waals surface area contributed by atoms with Crippen LogP contribution in [-0.2, 0) is 33.8 Å². The number of ether oxygens (including phenoxy) is 1. The van der Waals surface area contributed by atoms with Gasteiger partial charge in [0.1, 0.15) is 43.0 Å². The lowest BCUT2D eigenvalue weighted by Crippen LogP contribution is -2.42. The highest BCUT2D eigenvalue weighted by Crippen LogP contribution is 2.60. The van der Waals surface area contributed by atoms with Gasteiger partial charge in [0.05, 0.1) is 30.8 Å². The largest absolute Gasteiger partial charge is 0.481 e. The van der Waals surface area contributed by atoms with Crippen LogP contribution in [0.4, 0.5) is 5.82 Å². The highest BCUT2D eigenvalue weighted by Gasteiger charge is 2.47. The van der Waals surface area contributed by atoms with Crippen LogP contribution in [0.25, 0.3) is 33.7 Å². The molecule has 3 aliphatic heterocycles. The van der Waals surface area contributed by atoms with Gasteiger partial charge >= 0.3 is 21.3 Å². The van der Waals surface area contributed by atoms with Crippen LogP contribution >= 0.6 is 15.6 Å². The van der Waals surface area contributed by atoms with Crippen molar-refractivity contribution < 1.29 is 67.3 Å². The number of nitrogens with two attached hydrogens (primary N) is 1. The predicted octanol–water partition coefficient (Wildman–Crippen LogP) is -2.61. The Labute approximate surface area is 306 Å². The molecular formula is C28H33N9O16P2. The van der Waals surface area contributed by atoms with Gasteiger partial charge in [0, 0.05) is 0 Å². The summed E-state index contributed by atoms with van der Waals surface area (Å²) in [5.41, 5.74) is 5.64. The van der Waals surface area contributed by atoms with Crippen molar-refractivity contribution in [2.45, 2.75) is 63.2 Å². The van der Waals surface area contributed by atoms with Gasteiger partial charge in [-0.1, -0.05) is 0 Å². The summed E-state index contributed by atoms with van der Waals surface area (Å²) in [7, 11) is -11.1. The van der Waals surface area contributed by atoms with Gasteiger partial charge in [-0.2, -0.15) is 9.29 Å². The van der Waals surface area contributed by atoms with E-state index in [2.05, 4.69) is 38.3 Å². The van der Waals surface area contributed by atoms with Crippen LogP contribution in [0, 0.1) is 13.8 Å². The zero-order chi connectivity index (χ0) is 40.1. The molecule has 296 valence electrons. The van der Waals surface area contributed by atoms with E-state index in [-0.39, 0.29) is 46.1 Å². The summed E-state index contributed by atoms with van der Waals surface area (Å²) in [4.78, 5) is 78.2. The number of phosphoric ester groups is 2.